The fourth-order valence-electron chi connectivity index (χ4n) is 1.77. The molecule has 2 heterocycles. The first-order chi connectivity index (χ1) is 10.8. The van der Waals surface area contributed by atoms with Gasteiger partial charge >= 0.3 is 0 Å². The summed E-state index contributed by atoms with van der Waals surface area (Å²) in [5, 5.41) is 17.7. The standard InChI is InChI=1S/C14H11N3O3.C2H6/c1-19-12-3-2-10(8-11(12)18)14-17-16-13(20-14)9-4-6-15-7-5-9;1-2/h2-8,18H,1H3;1-2H3. The maximum absolute atomic E-state index is 9.75. The molecule has 3 rings (SSSR count). The third-order valence-electron chi connectivity index (χ3n) is 2.78. The van der Waals surface area contributed by atoms with Gasteiger partial charge in [0, 0.05) is 23.5 Å². The van der Waals surface area contributed by atoms with Crippen molar-refractivity contribution in [2.75, 3.05) is 7.11 Å². The Morgan fingerprint density at radius 1 is 0.955 bits per heavy atom. The van der Waals surface area contributed by atoms with Crippen LogP contribution in [0.3, 0.4) is 0 Å². The molecule has 6 nitrogen and oxygen atoms in total. The van der Waals surface area contributed by atoms with Gasteiger partial charge in [-0.05, 0) is 30.3 Å². The molecule has 0 atom stereocenters. The predicted octanol–water partition coefficient (Wildman–Crippen LogP) is 3.54. The van der Waals surface area contributed by atoms with Crippen LogP contribution in [0.25, 0.3) is 22.9 Å². The summed E-state index contributed by atoms with van der Waals surface area (Å²) in [5.74, 6) is 1.14. The molecule has 0 fully saturated rings. The highest BCUT2D eigenvalue weighted by atomic mass is 16.5. The van der Waals surface area contributed by atoms with Crippen LogP contribution in [0.4, 0.5) is 0 Å². The number of hydrogen-bond donors (Lipinski definition) is 1. The van der Waals surface area contributed by atoms with E-state index in [0.717, 1.165) is 5.56 Å². The molecule has 114 valence electrons. The van der Waals surface area contributed by atoms with Crippen molar-refractivity contribution in [3.05, 3.63) is 42.7 Å². The van der Waals surface area contributed by atoms with E-state index < -0.39 is 0 Å². The van der Waals surface area contributed by atoms with Crippen molar-refractivity contribution in [3.63, 3.8) is 0 Å². The fourth-order valence-corrected chi connectivity index (χ4v) is 1.77. The average molecular weight is 299 g/mol. The Hall–Kier alpha value is -2.89. The number of benzene rings is 1. The lowest BCUT2D eigenvalue weighted by Crippen LogP contribution is -1.84. The maximum Gasteiger partial charge on any atom is 0.248 e. The van der Waals surface area contributed by atoms with Crippen LogP contribution in [0.2, 0.25) is 0 Å². The second-order valence-corrected chi connectivity index (χ2v) is 4.03. The number of aromatic hydroxyl groups is 1. The Bertz CT molecular complexity index is 727. The summed E-state index contributed by atoms with van der Waals surface area (Å²) in [4.78, 5) is 3.93. The van der Waals surface area contributed by atoms with E-state index in [1.165, 1.54) is 13.2 Å². The van der Waals surface area contributed by atoms with Crippen molar-refractivity contribution in [1.29, 1.82) is 0 Å². The molecule has 0 radical (unpaired) electrons. The van der Waals surface area contributed by atoms with Gasteiger partial charge in [0.1, 0.15) is 0 Å². The summed E-state index contributed by atoms with van der Waals surface area (Å²) in [6, 6.07) is 8.46. The van der Waals surface area contributed by atoms with E-state index in [9.17, 15) is 5.11 Å². The molecule has 0 saturated heterocycles. The zero-order valence-electron chi connectivity index (χ0n) is 12.6. The number of nitrogens with zero attached hydrogens (tertiary/aromatic N) is 3. The van der Waals surface area contributed by atoms with Crippen molar-refractivity contribution in [1.82, 2.24) is 15.2 Å². The highest BCUT2D eigenvalue weighted by Gasteiger charge is 2.12. The third-order valence-corrected chi connectivity index (χ3v) is 2.78. The Morgan fingerprint density at radius 2 is 1.59 bits per heavy atom. The summed E-state index contributed by atoms with van der Waals surface area (Å²) in [5.41, 5.74) is 1.41. The van der Waals surface area contributed by atoms with E-state index in [-0.39, 0.29) is 5.75 Å². The van der Waals surface area contributed by atoms with E-state index in [4.69, 9.17) is 9.15 Å². The summed E-state index contributed by atoms with van der Waals surface area (Å²) in [6.45, 7) is 4.00. The number of phenols is 1. The summed E-state index contributed by atoms with van der Waals surface area (Å²) < 4.78 is 10.6. The minimum atomic E-state index is 0.0219. The fraction of sp³-hybridized carbons (Fsp3) is 0.188. The molecular formula is C16H17N3O3. The normalized spacial score (nSPS) is 9.77. The maximum atomic E-state index is 9.75. The zero-order valence-corrected chi connectivity index (χ0v) is 12.6. The number of pyridine rings is 1. The van der Waals surface area contributed by atoms with Crippen LogP contribution < -0.4 is 4.74 Å². The van der Waals surface area contributed by atoms with Crippen LogP contribution in [0.15, 0.2) is 47.1 Å². The minimum absolute atomic E-state index is 0.0219. The monoisotopic (exact) mass is 299 g/mol. The Kier molecular flexibility index (Phi) is 5.08. The second kappa shape index (κ2) is 7.21. The van der Waals surface area contributed by atoms with Gasteiger partial charge in [0.15, 0.2) is 11.5 Å². The molecule has 0 unspecified atom stereocenters. The first kappa shape index (κ1) is 15.5. The van der Waals surface area contributed by atoms with Gasteiger partial charge < -0.3 is 14.3 Å². The van der Waals surface area contributed by atoms with Crippen LogP contribution >= 0.6 is 0 Å². The van der Waals surface area contributed by atoms with Crippen molar-refractivity contribution in [3.8, 4) is 34.4 Å². The van der Waals surface area contributed by atoms with E-state index in [1.54, 1.807) is 36.7 Å². The smallest absolute Gasteiger partial charge is 0.248 e. The lowest BCUT2D eigenvalue weighted by atomic mass is 10.2. The number of aromatic nitrogens is 3. The predicted molar refractivity (Wildman–Crippen MR) is 82.5 cm³/mol. The van der Waals surface area contributed by atoms with Crippen molar-refractivity contribution >= 4 is 0 Å². The molecule has 0 spiro atoms. The largest absolute Gasteiger partial charge is 0.504 e. The number of rotatable bonds is 3. The summed E-state index contributed by atoms with van der Waals surface area (Å²) in [7, 11) is 1.49. The molecule has 3 aromatic rings. The van der Waals surface area contributed by atoms with E-state index in [1.807, 2.05) is 13.8 Å². The number of methoxy groups -OCH3 is 1. The zero-order chi connectivity index (χ0) is 15.9. The van der Waals surface area contributed by atoms with Crippen LogP contribution in [-0.2, 0) is 0 Å². The van der Waals surface area contributed by atoms with E-state index in [0.29, 0.717) is 23.1 Å². The van der Waals surface area contributed by atoms with E-state index >= 15 is 0 Å². The third kappa shape index (κ3) is 3.22. The average Bonchev–Trinajstić information content (AvgIpc) is 3.07. The highest BCUT2D eigenvalue weighted by molar-refractivity contribution is 5.61. The van der Waals surface area contributed by atoms with Gasteiger partial charge in [-0.3, -0.25) is 4.98 Å². The Balaban J connectivity index is 0.000000847. The molecule has 0 aliphatic heterocycles. The molecule has 0 aliphatic carbocycles. The van der Waals surface area contributed by atoms with E-state index in [2.05, 4.69) is 15.2 Å². The Labute approximate surface area is 128 Å². The summed E-state index contributed by atoms with van der Waals surface area (Å²) in [6.07, 6.45) is 3.30. The molecule has 0 saturated carbocycles. The number of ether oxygens (including phenoxy) is 1. The van der Waals surface area contributed by atoms with Crippen molar-refractivity contribution < 1.29 is 14.3 Å². The quantitative estimate of drug-likeness (QED) is 0.796. The second-order valence-electron chi connectivity index (χ2n) is 4.03. The summed E-state index contributed by atoms with van der Waals surface area (Å²) >= 11 is 0. The van der Waals surface area contributed by atoms with Crippen LogP contribution in [0.5, 0.6) is 11.5 Å². The number of hydrogen-bond acceptors (Lipinski definition) is 6. The topological polar surface area (TPSA) is 81.3 Å². The first-order valence-corrected chi connectivity index (χ1v) is 6.89. The molecule has 0 bridgehead atoms. The lowest BCUT2D eigenvalue weighted by Gasteiger charge is -2.03. The van der Waals surface area contributed by atoms with Gasteiger partial charge in [-0.2, -0.15) is 0 Å². The van der Waals surface area contributed by atoms with Gasteiger partial charge in [-0.1, -0.05) is 13.8 Å². The molecule has 22 heavy (non-hydrogen) atoms. The molecule has 0 amide bonds. The Morgan fingerprint density at radius 3 is 2.18 bits per heavy atom. The number of phenolic OH excluding ortho intramolecular Hbond substituents is 1. The van der Waals surface area contributed by atoms with Crippen LogP contribution in [0.1, 0.15) is 13.8 Å². The van der Waals surface area contributed by atoms with Crippen molar-refractivity contribution in [2.24, 2.45) is 0 Å². The molecule has 1 N–H and O–H groups in total. The van der Waals surface area contributed by atoms with Gasteiger partial charge in [0.2, 0.25) is 11.8 Å². The molecule has 2 aromatic heterocycles. The highest BCUT2D eigenvalue weighted by Crippen LogP contribution is 2.31. The van der Waals surface area contributed by atoms with Gasteiger partial charge in [0.25, 0.3) is 0 Å². The molecule has 1 aromatic carbocycles. The van der Waals surface area contributed by atoms with Crippen LogP contribution in [0, 0.1) is 0 Å². The lowest BCUT2D eigenvalue weighted by molar-refractivity contribution is 0.373. The van der Waals surface area contributed by atoms with Gasteiger partial charge in [-0.15, -0.1) is 10.2 Å². The molecule has 6 heteroatoms. The van der Waals surface area contributed by atoms with Gasteiger partial charge in [0.05, 0.1) is 7.11 Å². The molecule has 0 aliphatic rings. The van der Waals surface area contributed by atoms with Gasteiger partial charge in [-0.25, -0.2) is 0 Å². The first-order valence-electron chi connectivity index (χ1n) is 6.89. The van der Waals surface area contributed by atoms with Crippen molar-refractivity contribution in [2.45, 2.75) is 13.8 Å². The molecular weight excluding hydrogens is 282 g/mol. The van der Waals surface area contributed by atoms with Crippen LogP contribution in [-0.4, -0.2) is 27.4 Å². The SMILES string of the molecule is CC.COc1ccc(-c2nnc(-c3ccncc3)o2)cc1O. The minimum Gasteiger partial charge on any atom is -0.504 e.